The molecule has 0 saturated carbocycles. The first-order chi connectivity index (χ1) is 11.2. The van der Waals surface area contributed by atoms with Crippen LogP contribution >= 0.6 is 11.3 Å². The SMILES string of the molecule is CCN(CC)Cc1ccc(CNC(=O)NCc2cccs2)cc1. The summed E-state index contributed by atoms with van der Waals surface area (Å²) < 4.78 is 0. The van der Waals surface area contributed by atoms with Gasteiger partial charge in [0.05, 0.1) is 6.54 Å². The van der Waals surface area contributed by atoms with Crippen molar-refractivity contribution in [1.29, 1.82) is 0 Å². The molecule has 5 heteroatoms. The second-order valence-corrected chi connectivity index (χ2v) is 6.43. The van der Waals surface area contributed by atoms with Gasteiger partial charge in [-0.1, -0.05) is 44.2 Å². The molecule has 1 aromatic carbocycles. The average molecular weight is 331 g/mol. The van der Waals surface area contributed by atoms with Gasteiger partial charge in [0, 0.05) is 18.0 Å². The highest BCUT2D eigenvalue weighted by molar-refractivity contribution is 7.09. The molecule has 2 N–H and O–H groups in total. The molecule has 0 atom stereocenters. The Morgan fingerprint density at radius 3 is 2.26 bits per heavy atom. The van der Waals surface area contributed by atoms with Gasteiger partial charge in [0.15, 0.2) is 0 Å². The number of urea groups is 1. The highest BCUT2D eigenvalue weighted by Gasteiger charge is 2.03. The van der Waals surface area contributed by atoms with Crippen LogP contribution < -0.4 is 10.6 Å². The molecule has 2 aromatic rings. The third-order valence-electron chi connectivity index (χ3n) is 3.78. The van der Waals surface area contributed by atoms with E-state index in [0.29, 0.717) is 13.1 Å². The predicted molar refractivity (Wildman–Crippen MR) is 96.5 cm³/mol. The molecule has 0 saturated heterocycles. The zero-order valence-corrected chi connectivity index (χ0v) is 14.7. The van der Waals surface area contributed by atoms with Gasteiger partial charge < -0.3 is 10.6 Å². The second-order valence-electron chi connectivity index (χ2n) is 5.39. The van der Waals surface area contributed by atoms with Gasteiger partial charge in [0.1, 0.15) is 0 Å². The van der Waals surface area contributed by atoms with E-state index < -0.39 is 0 Å². The summed E-state index contributed by atoms with van der Waals surface area (Å²) in [5, 5.41) is 7.76. The fourth-order valence-electron chi connectivity index (χ4n) is 2.29. The lowest BCUT2D eigenvalue weighted by atomic mass is 10.1. The van der Waals surface area contributed by atoms with Crippen LogP contribution in [0.4, 0.5) is 4.79 Å². The quantitative estimate of drug-likeness (QED) is 0.776. The van der Waals surface area contributed by atoms with Crippen LogP contribution in [-0.2, 0) is 19.6 Å². The molecule has 0 aliphatic carbocycles. The van der Waals surface area contributed by atoms with E-state index in [1.54, 1.807) is 11.3 Å². The number of benzene rings is 1. The highest BCUT2D eigenvalue weighted by atomic mass is 32.1. The van der Waals surface area contributed by atoms with Gasteiger partial charge in [-0.2, -0.15) is 0 Å². The summed E-state index contributed by atoms with van der Waals surface area (Å²) in [6.07, 6.45) is 0. The summed E-state index contributed by atoms with van der Waals surface area (Å²) in [6, 6.07) is 12.3. The Labute approximate surface area is 142 Å². The molecule has 0 aliphatic rings. The maximum absolute atomic E-state index is 11.8. The van der Waals surface area contributed by atoms with E-state index in [2.05, 4.69) is 53.6 Å². The van der Waals surface area contributed by atoms with Crippen molar-refractivity contribution in [2.75, 3.05) is 13.1 Å². The molecule has 2 amide bonds. The molecule has 124 valence electrons. The van der Waals surface area contributed by atoms with Crippen LogP contribution in [0, 0.1) is 0 Å². The number of amides is 2. The zero-order valence-electron chi connectivity index (χ0n) is 13.8. The number of carbonyl (C=O) groups is 1. The van der Waals surface area contributed by atoms with E-state index >= 15 is 0 Å². The van der Waals surface area contributed by atoms with Crippen LogP contribution in [0.15, 0.2) is 41.8 Å². The van der Waals surface area contributed by atoms with Crippen molar-refractivity contribution in [3.05, 3.63) is 57.8 Å². The van der Waals surface area contributed by atoms with Crippen molar-refractivity contribution in [2.24, 2.45) is 0 Å². The van der Waals surface area contributed by atoms with E-state index in [1.165, 1.54) is 5.56 Å². The Bertz CT molecular complexity index is 577. The van der Waals surface area contributed by atoms with Crippen molar-refractivity contribution < 1.29 is 4.79 Å². The van der Waals surface area contributed by atoms with Gasteiger partial charge in [-0.25, -0.2) is 4.79 Å². The third-order valence-corrected chi connectivity index (χ3v) is 4.66. The molecule has 0 radical (unpaired) electrons. The van der Waals surface area contributed by atoms with Gasteiger partial charge in [-0.3, -0.25) is 4.90 Å². The summed E-state index contributed by atoms with van der Waals surface area (Å²) >= 11 is 1.64. The third kappa shape index (κ3) is 6.04. The number of nitrogens with one attached hydrogen (secondary N) is 2. The predicted octanol–water partition coefficient (Wildman–Crippen LogP) is 3.59. The van der Waals surface area contributed by atoms with Crippen LogP contribution in [0.2, 0.25) is 0 Å². The Kier molecular flexibility index (Phi) is 7.10. The Balaban J connectivity index is 1.73. The van der Waals surface area contributed by atoms with E-state index in [-0.39, 0.29) is 6.03 Å². The molecule has 1 heterocycles. The molecule has 1 aromatic heterocycles. The normalized spacial score (nSPS) is 10.7. The minimum absolute atomic E-state index is 0.134. The lowest BCUT2D eigenvalue weighted by molar-refractivity contribution is 0.240. The smallest absolute Gasteiger partial charge is 0.315 e. The van der Waals surface area contributed by atoms with Crippen molar-refractivity contribution in [2.45, 2.75) is 33.5 Å². The number of hydrogen-bond acceptors (Lipinski definition) is 3. The van der Waals surface area contributed by atoms with Gasteiger partial charge >= 0.3 is 6.03 Å². The Morgan fingerprint density at radius 1 is 1.00 bits per heavy atom. The molecule has 0 bridgehead atoms. The first-order valence-corrected chi connectivity index (χ1v) is 8.93. The van der Waals surface area contributed by atoms with Crippen molar-refractivity contribution >= 4 is 17.4 Å². The fraction of sp³-hybridized carbons (Fsp3) is 0.389. The molecule has 0 fully saturated rings. The van der Waals surface area contributed by atoms with E-state index in [0.717, 1.165) is 30.1 Å². The lowest BCUT2D eigenvalue weighted by Gasteiger charge is -2.18. The van der Waals surface area contributed by atoms with Crippen LogP contribution in [0.3, 0.4) is 0 Å². The summed E-state index contributed by atoms with van der Waals surface area (Å²) in [6.45, 7) is 8.57. The maximum Gasteiger partial charge on any atom is 0.315 e. The molecule has 0 unspecified atom stereocenters. The Morgan fingerprint density at radius 2 is 1.65 bits per heavy atom. The largest absolute Gasteiger partial charge is 0.334 e. The van der Waals surface area contributed by atoms with Crippen LogP contribution in [0.25, 0.3) is 0 Å². The van der Waals surface area contributed by atoms with Crippen molar-refractivity contribution in [1.82, 2.24) is 15.5 Å². The minimum atomic E-state index is -0.134. The number of rotatable bonds is 8. The van der Waals surface area contributed by atoms with Crippen LogP contribution in [0.5, 0.6) is 0 Å². The molecule has 0 spiro atoms. The number of thiophene rings is 1. The van der Waals surface area contributed by atoms with E-state index in [1.807, 2.05) is 17.5 Å². The standard InChI is InChI=1S/C18H25N3OS/c1-3-21(4-2)14-16-9-7-15(8-10-16)12-19-18(22)20-13-17-6-5-11-23-17/h5-11H,3-4,12-14H2,1-2H3,(H2,19,20,22). The lowest BCUT2D eigenvalue weighted by Crippen LogP contribution is -2.34. The number of carbonyl (C=O) groups excluding carboxylic acids is 1. The summed E-state index contributed by atoms with van der Waals surface area (Å²) in [5.74, 6) is 0. The molecular weight excluding hydrogens is 306 g/mol. The first-order valence-electron chi connectivity index (χ1n) is 8.05. The summed E-state index contributed by atoms with van der Waals surface area (Å²) in [7, 11) is 0. The van der Waals surface area contributed by atoms with Crippen molar-refractivity contribution in [3.63, 3.8) is 0 Å². The van der Waals surface area contributed by atoms with Gasteiger partial charge in [0.2, 0.25) is 0 Å². The summed E-state index contributed by atoms with van der Waals surface area (Å²) in [5.41, 5.74) is 2.42. The number of nitrogens with zero attached hydrogens (tertiary/aromatic N) is 1. The van der Waals surface area contributed by atoms with Crippen molar-refractivity contribution in [3.8, 4) is 0 Å². The van der Waals surface area contributed by atoms with Crippen LogP contribution in [0.1, 0.15) is 29.9 Å². The topological polar surface area (TPSA) is 44.4 Å². The van der Waals surface area contributed by atoms with Gasteiger partial charge in [0.25, 0.3) is 0 Å². The summed E-state index contributed by atoms with van der Waals surface area (Å²) in [4.78, 5) is 15.3. The molecule has 4 nitrogen and oxygen atoms in total. The maximum atomic E-state index is 11.8. The Hall–Kier alpha value is -1.85. The molecule has 2 rings (SSSR count). The average Bonchev–Trinajstić information content (AvgIpc) is 3.10. The minimum Gasteiger partial charge on any atom is -0.334 e. The van der Waals surface area contributed by atoms with E-state index in [4.69, 9.17) is 0 Å². The molecular formula is C18H25N3OS. The highest BCUT2D eigenvalue weighted by Crippen LogP contribution is 2.08. The second kappa shape index (κ2) is 9.33. The van der Waals surface area contributed by atoms with Gasteiger partial charge in [-0.15, -0.1) is 11.3 Å². The van der Waals surface area contributed by atoms with Crippen LogP contribution in [-0.4, -0.2) is 24.0 Å². The monoisotopic (exact) mass is 331 g/mol. The van der Waals surface area contributed by atoms with Gasteiger partial charge in [-0.05, 0) is 35.7 Å². The molecule has 23 heavy (non-hydrogen) atoms. The molecule has 0 aliphatic heterocycles. The zero-order chi connectivity index (χ0) is 16.5. The number of hydrogen-bond donors (Lipinski definition) is 2. The fourth-order valence-corrected chi connectivity index (χ4v) is 2.94. The van der Waals surface area contributed by atoms with E-state index in [9.17, 15) is 4.79 Å². The first kappa shape index (κ1) is 17.5.